The Balaban J connectivity index is 2.40. The summed E-state index contributed by atoms with van der Waals surface area (Å²) in [5.74, 6) is 0.772. The first-order valence-corrected chi connectivity index (χ1v) is 6.52. The predicted octanol–water partition coefficient (Wildman–Crippen LogP) is 3.52. The molecule has 8 nitrogen and oxygen atoms in total. The number of rotatable bonds is 4. The molecule has 0 saturated heterocycles. The Kier molecular flexibility index (Phi) is 4.35. The summed E-state index contributed by atoms with van der Waals surface area (Å²) in [5, 5.41) is 29.5. The summed E-state index contributed by atoms with van der Waals surface area (Å²) in [6.45, 7) is 1.70. The van der Waals surface area contributed by atoms with Crippen LogP contribution >= 0.6 is 0 Å². The van der Waals surface area contributed by atoms with E-state index in [1.54, 1.807) is 13.0 Å². The predicted molar refractivity (Wildman–Crippen MR) is 82.4 cm³/mol. The summed E-state index contributed by atoms with van der Waals surface area (Å²) in [6.07, 6.45) is -1.33. The molecule has 120 valence electrons. The van der Waals surface area contributed by atoms with Crippen LogP contribution in [0.25, 0.3) is 0 Å². The molecule has 2 N–H and O–H groups in total. The van der Waals surface area contributed by atoms with Crippen molar-refractivity contribution in [3.8, 4) is 17.2 Å². The molecule has 0 aliphatic heterocycles. The van der Waals surface area contributed by atoms with E-state index in [4.69, 9.17) is 9.84 Å². The number of carbonyl (C=O) groups is 1. The first kappa shape index (κ1) is 16.1. The van der Waals surface area contributed by atoms with Crippen LogP contribution in [0.3, 0.4) is 0 Å². The van der Waals surface area contributed by atoms with E-state index >= 15 is 0 Å². The smallest absolute Gasteiger partial charge is 0.411 e. The topological polar surface area (TPSA) is 113 Å². The van der Waals surface area contributed by atoms with Gasteiger partial charge in [-0.1, -0.05) is 0 Å². The number of carboxylic acid groups (broad SMARTS) is 1. The highest BCUT2D eigenvalue weighted by Gasteiger charge is 2.22. The summed E-state index contributed by atoms with van der Waals surface area (Å²) in [4.78, 5) is 22.2. The number of nitro benzene ring substituents is 1. The number of nitrogens with zero attached hydrogens (tertiary/aromatic N) is 2. The molecule has 1 amide bonds. The minimum absolute atomic E-state index is 0.101. The SMILES string of the molecule is Cc1cc(Oc2ccc([N+](=O)[O-])c(N(C)C(=O)O)c2)ccc1O. The van der Waals surface area contributed by atoms with Gasteiger partial charge in [-0.2, -0.15) is 0 Å². The quantitative estimate of drug-likeness (QED) is 0.658. The number of benzene rings is 2. The van der Waals surface area contributed by atoms with Crippen LogP contribution in [0.1, 0.15) is 5.56 Å². The Labute approximate surface area is 131 Å². The molecule has 0 radical (unpaired) electrons. The third-order valence-electron chi connectivity index (χ3n) is 3.20. The number of aryl methyl sites for hydroxylation is 1. The van der Waals surface area contributed by atoms with Gasteiger partial charge in [0.05, 0.1) is 4.92 Å². The molecule has 8 heteroatoms. The lowest BCUT2D eigenvalue weighted by atomic mass is 10.2. The van der Waals surface area contributed by atoms with Crippen molar-refractivity contribution in [3.05, 3.63) is 52.1 Å². The van der Waals surface area contributed by atoms with Gasteiger partial charge in [-0.25, -0.2) is 4.79 Å². The van der Waals surface area contributed by atoms with Gasteiger partial charge in [0, 0.05) is 19.2 Å². The van der Waals surface area contributed by atoms with Gasteiger partial charge in [0.1, 0.15) is 22.9 Å². The van der Waals surface area contributed by atoms with E-state index in [1.807, 2.05) is 0 Å². The fourth-order valence-corrected chi connectivity index (χ4v) is 1.92. The average Bonchev–Trinajstić information content (AvgIpc) is 2.49. The van der Waals surface area contributed by atoms with Crippen molar-refractivity contribution >= 4 is 17.5 Å². The Morgan fingerprint density at radius 1 is 1.22 bits per heavy atom. The lowest BCUT2D eigenvalue weighted by Gasteiger charge is -2.15. The van der Waals surface area contributed by atoms with Crippen LogP contribution in [0.4, 0.5) is 16.2 Å². The average molecular weight is 318 g/mol. The van der Waals surface area contributed by atoms with Gasteiger partial charge >= 0.3 is 6.09 Å². The molecule has 0 saturated carbocycles. The Morgan fingerprint density at radius 3 is 2.39 bits per heavy atom. The molecule has 2 aromatic carbocycles. The second-order valence-corrected chi connectivity index (χ2v) is 4.80. The van der Waals surface area contributed by atoms with Crippen LogP contribution in [-0.2, 0) is 0 Å². The Bertz CT molecular complexity index is 775. The maximum atomic E-state index is 11.1. The van der Waals surface area contributed by atoms with Crippen molar-refractivity contribution < 1.29 is 24.7 Å². The molecule has 0 bridgehead atoms. The van der Waals surface area contributed by atoms with Gasteiger partial charge in [0.25, 0.3) is 5.69 Å². The number of anilines is 1. The lowest BCUT2D eigenvalue weighted by molar-refractivity contribution is -0.384. The third kappa shape index (κ3) is 3.49. The number of hydrogen-bond donors (Lipinski definition) is 2. The summed E-state index contributed by atoms with van der Waals surface area (Å²) >= 11 is 0. The second-order valence-electron chi connectivity index (χ2n) is 4.80. The van der Waals surface area contributed by atoms with Crippen LogP contribution in [0.15, 0.2) is 36.4 Å². The van der Waals surface area contributed by atoms with Crippen LogP contribution in [-0.4, -0.2) is 28.3 Å². The van der Waals surface area contributed by atoms with Crippen LogP contribution in [0.5, 0.6) is 17.2 Å². The fraction of sp³-hybridized carbons (Fsp3) is 0.133. The fourth-order valence-electron chi connectivity index (χ4n) is 1.92. The maximum Gasteiger partial charge on any atom is 0.411 e. The van der Waals surface area contributed by atoms with Crippen LogP contribution in [0.2, 0.25) is 0 Å². The highest BCUT2D eigenvalue weighted by Crippen LogP contribution is 2.34. The number of phenols is 1. The highest BCUT2D eigenvalue weighted by molar-refractivity contribution is 5.89. The number of phenolic OH excluding ortho intramolecular Hbond substituents is 1. The van der Waals surface area contributed by atoms with Gasteiger partial charge < -0.3 is 14.9 Å². The number of nitro groups is 1. The summed E-state index contributed by atoms with van der Waals surface area (Å²) in [7, 11) is 1.21. The molecule has 0 aliphatic carbocycles. The normalized spacial score (nSPS) is 10.2. The second kappa shape index (κ2) is 6.22. The van der Waals surface area contributed by atoms with E-state index < -0.39 is 11.0 Å². The maximum absolute atomic E-state index is 11.1. The third-order valence-corrected chi connectivity index (χ3v) is 3.20. The van der Waals surface area contributed by atoms with Gasteiger partial charge in [-0.05, 0) is 36.8 Å². The number of ether oxygens (including phenoxy) is 1. The van der Waals surface area contributed by atoms with E-state index in [0.717, 1.165) is 4.90 Å². The summed E-state index contributed by atoms with van der Waals surface area (Å²) in [5.41, 5.74) is 0.159. The zero-order valence-electron chi connectivity index (χ0n) is 12.4. The number of amides is 1. The molecule has 0 fully saturated rings. The molecular formula is C15H14N2O6. The summed E-state index contributed by atoms with van der Waals surface area (Å²) in [6, 6.07) is 8.41. The monoisotopic (exact) mass is 318 g/mol. The lowest BCUT2D eigenvalue weighted by Crippen LogP contribution is -2.24. The largest absolute Gasteiger partial charge is 0.508 e. The summed E-state index contributed by atoms with van der Waals surface area (Å²) < 4.78 is 5.57. The molecule has 0 unspecified atom stereocenters. The zero-order chi connectivity index (χ0) is 17.1. The molecule has 0 spiro atoms. The van der Waals surface area contributed by atoms with Gasteiger partial charge in [-0.3, -0.25) is 15.0 Å². The van der Waals surface area contributed by atoms with Crippen molar-refractivity contribution in [2.24, 2.45) is 0 Å². The first-order valence-electron chi connectivity index (χ1n) is 6.52. The van der Waals surface area contributed by atoms with Gasteiger partial charge in [-0.15, -0.1) is 0 Å². The molecule has 0 aliphatic rings. The molecule has 2 aromatic rings. The van der Waals surface area contributed by atoms with Gasteiger partial charge in [0.15, 0.2) is 0 Å². The van der Waals surface area contributed by atoms with Crippen molar-refractivity contribution in [2.75, 3.05) is 11.9 Å². The minimum Gasteiger partial charge on any atom is -0.508 e. The molecule has 0 aromatic heterocycles. The highest BCUT2D eigenvalue weighted by atomic mass is 16.6. The number of aromatic hydroxyl groups is 1. The van der Waals surface area contributed by atoms with E-state index in [0.29, 0.717) is 11.3 Å². The minimum atomic E-state index is -1.33. The van der Waals surface area contributed by atoms with E-state index in [1.165, 1.54) is 37.4 Å². The van der Waals surface area contributed by atoms with Crippen molar-refractivity contribution in [1.82, 2.24) is 0 Å². The first-order chi connectivity index (χ1) is 10.8. The molecule has 0 heterocycles. The van der Waals surface area contributed by atoms with Crippen molar-refractivity contribution in [1.29, 1.82) is 0 Å². The van der Waals surface area contributed by atoms with Crippen molar-refractivity contribution in [3.63, 3.8) is 0 Å². The van der Waals surface area contributed by atoms with Crippen molar-refractivity contribution in [2.45, 2.75) is 6.92 Å². The standard InChI is InChI=1S/C15H14N2O6/c1-9-7-10(4-6-14(9)18)23-11-3-5-12(17(21)22)13(8-11)16(2)15(19)20/h3-8,18H,1-2H3,(H,19,20). The van der Waals surface area contributed by atoms with Gasteiger partial charge in [0.2, 0.25) is 0 Å². The van der Waals surface area contributed by atoms with Crippen LogP contribution in [0, 0.1) is 17.0 Å². The molecular weight excluding hydrogens is 304 g/mol. The number of hydrogen-bond acceptors (Lipinski definition) is 5. The molecule has 23 heavy (non-hydrogen) atoms. The van der Waals surface area contributed by atoms with E-state index in [2.05, 4.69) is 0 Å². The van der Waals surface area contributed by atoms with E-state index in [-0.39, 0.29) is 22.9 Å². The van der Waals surface area contributed by atoms with E-state index in [9.17, 15) is 20.0 Å². The molecule has 2 rings (SSSR count). The Morgan fingerprint density at radius 2 is 1.83 bits per heavy atom. The zero-order valence-corrected chi connectivity index (χ0v) is 12.4. The van der Waals surface area contributed by atoms with Crippen LogP contribution < -0.4 is 9.64 Å². The molecule has 0 atom stereocenters. The Hall–Kier alpha value is -3.29.